The molecule has 2 nitrogen and oxygen atoms in total. The number of carbonyl (C=O) groups excluding carboxylic acids is 1. The van der Waals surface area contributed by atoms with Gasteiger partial charge >= 0.3 is 6.18 Å². The molecule has 1 amide bonds. The fourth-order valence-electron chi connectivity index (χ4n) is 3.86. The molecule has 0 fully saturated rings. The van der Waals surface area contributed by atoms with Crippen LogP contribution in [0.25, 0.3) is 0 Å². The van der Waals surface area contributed by atoms with E-state index in [2.05, 4.69) is 0 Å². The number of rotatable bonds is 2. The second-order valence-corrected chi connectivity index (χ2v) is 7.38. The maximum Gasteiger partial charge on any atom is 0.417 e. The van der Waals surface area contributed by atoms with Crippen LogP contribution in [-0.4, -0.2) is 17.4 Å². The molecule has 1 atom stereocenters. The number of alkyl halides is 3. The maximum absolute atomic E-state index is 13.5. The SMILES string of the molecule is O=C(c1ccccc1C(F)(F)F)N1CCc2ccccc2[C@@H]1c1ccc(Cl)cc1. The lowest BCUT2D eigenvalue weighted by molar-refractivity contribution is -0.138. The number of carbonyl (C=O) groups is 1. The van der Waals surface area contributed by atoms with E-state index in [1.165, 1.54) is 23.1 Å². The largest absolute Gasteiger partial charge is 0.417 e. The minimum absolute atomic E-state index is 0.329. The summed E-state index contributed by atoms with van der Waals surface area (Å²) in [5.41, 5.74) is 1.55. The molecule has 0 bridgehead atoms. The van der Waals surface area contributed by atoms with E-state index in [1.54, 1.807) is 12.1 Å². The van der Waals surface area contributed by atoms with E-state index in [1.807, 2.05) is 36.4 Å². The predicted molar refractivity (Wildman–Crippen MR) is 106 cm³/mol. The summed E-state index contributed by atoms with van der Waals surface area (Å²) in [5.74, 6) is -0.632. The average Bonchev–Trinajstić information content (AvgIpc) is 2.72. The fraction of sp³-hybridized carbons (Fsp3) is 0.174. The van der Waals surface area contributed by atoms with Crippen LogP contribution in [0.5, 0.6) is 0 Å². The zero-order valence-corrected chi connectivity index (χ0v) is 16.0. The van der Waals surface area contributed by atoms with E-state index < -0.39 is 23.7 Å². The van der Waals surface area contributed by atoms with Crippen LogP contribution in [0.4, 0.5) is 13.2 Å². The van der Waals surface area contributed by atoms with Gasteiger partial charge in [-0.25, -0.2) is 0 Å². The van der Waals surface area contributed by atoms with Crippen molar-refractivity contribution in [2.75, 3.05) is 6.54 Å². The molecule has 3 aromatic carbocycles. The number of nitrogens with zero attached hydrogens (tertiary/aromatic N) is 1. The van der Waals surface area contributed by atoms with E-state index in [9.17, 15) is 18.0 Å². The molecule has 0 aromatic heterocycles. The highest BCUT2D eigenvalue weighted by molar-refractivity contribution is 6.30. The number of fused-ring (bicyclic) bond motifs is 1. The molecule has 29 heavy (non-hydrogen) atoms. The Hall–Kier alpha value is -2.79. The molecule has 0 aliphatic carbocycles. The van der Waals surface area contributed by atoms with E-state index in [-0.39, 0.29) is 5.56 Å². The molecule has 4 rings (SSSR count). The topological polar surface area (TPSA) is 20.3 Å². The van der Waals surface area contributed by atoms with Gasteiger partial charge in [-0.3, -0.25) is 4.79 Å². The van der Waals surface area contributed by atoms with Crippen LogP contribution >= 0.6 is 11.6 Å². The van der Waals surface area contributed by atoms with Crippen molar-refractivity contribution in [3.8, 4) is 0 Å². The third-order valence-electron chi connectivity index (χ3n) is 5.19. The van der Waals surface area contributed by atoms with Gasteiger partial charge in [0, 0.05) is 11.6 Å². The van der Waals surface area contributed by atoms with Crippen LogP contribution in [0.3, 0.4) is 0 Å². The Morgan fingerprint density at radius 2 is 1.59 bits per heavy atom. The smallest absolute Gasteiger partial charge is 0.327 e. The third kappa shape index (κ3) is 3.75. The first-order valence-electron chi connectivity index (χ1n) is 9.17. The van der Waals surface area contributed by atoms with Gasteiger partial charge in [0.25, 0.3) is 5.91 Å². The van der Waals surface area contributed by atoms with Crippen LogP contribution in [0.1, 0.15) is 38.7 Å². The van der Waals surface area contributed by atoms with Gasteiger partial charge in [0.2, 0.25) is 0 Å². The molecule has 1 aliphatic heterocycles. The van der Waals surface area contributed by atoms with E-state index in [0.717, 1.165) is 22.8 Å². The Labute approximate surface area is 171 Å². The highest BCUT2D eigenvalue weighted by atomic mass is 35.5. The van der Waals surface area contributed by atoms with Crippen molar-refractivity contribution in [3.63, 3.8) is 0 Å². The average molecular weight is 416 g/mol. The van der Waals surface area contributed by atoms with Crippen LogP contribution < -0.4 is 0 Å². The van der Waals surface area contributed by atoms with Crippen LogP contribution in [0, 0.1) is 0 Å². The van der Waals surface area contributed by atoms with Gasteiger partial charge in [0.15, 0.2) is 0 Å². The first kappa shape index (κ1) is 19.5. The number of halogens is 4. The Kier molecular flexibility index (Phi) is 5.09. The van der Waals surface area contributed by atoms with Gasteiger partial charge in [-0.2, -0.15) is 13.2 Å². The molecule has 0 saturated carbocycles. The van der Waals surface area contributed by atoms with E-state index >= 15 is 0 Å². The van der Waals surface area contributed by atoms with Crippen molar-refractivity contribution < 1.29 is 18.0 Å². The van der Waals surface area contributed by atoms with Gasteiger partial charge in [0.05, 0.1) is 17.2 Å². The van der Waals surface area contributed by atoms with Crippen LogP contribution in [-0.2, 0) is 12.6 Å². The van der Waals surface area contributed by atoms with Crippen molar-refractivity contribution >= 4 is 17.5 Å². The Balaban J connectivity index is 1.82. The number of hydrogen-bond donors (Lipinski definition) is 0. The fourth-order valence-corrected chi connectivity index (χ4v) is 3.99. The molecule has 0 spiro atoms. The van der Waals surface area contributed by atoms with E-state index in [0.29, 0.717) is 18.0 Å². The van der Waals surface area contributed by atoms with Crippen molar-refractivity contribution in [2.24, 2.45) is 0 Å². The standard InChI is InChI=1S/C23H17ClF3NO/c24-17-11-9-16(10-12-17)21-18-6-2-1-5-15(18)13-14-28(21)22(29)19-7-3-4-8-20(19)23(25,26)27/h1-12,21H,13-14H2/t21-/m0/s1. The minimum atomic E-state index is -4.60. The lowest BCUT2D eigenvalue weighted by atomic mass is 9.87. The van der Waals surface area contributed by atoms with E-state index in [4.69, 9.17) is 11.6 Å². The third-order valence-corrected chi connectivity index (χ3v) is 5.44. The zero-order chi connectivity index (χ0) is 20.6. The monoisotopic (exact) mass is 415 g/mol. The van der Waals surface area contributed by atoms with Gasteiger partial charge in [-0.1, -0.05) is 60.1 Å². The minimum Gasteiger partial charge on any atom is -0.327 e. The Bertz CT molecular complexity index is 1050. The molecule has 1 aliphatic rings. The summed E-state index contributed by atoms with van der Waals surface area (Å²) < 4.78 is 40.5. The molecule has 148 valence electrons. The lowest BCUT2D eigenvalue weighted by Crippen LogP contribution is -2.41. The normalized spacial score (nSPS) is 16.4. The summed E-state index contributed by atoms with van der Waals surface area (Å²) in [5, 5.41) is 0.554. The molecule has 0 saturated heterocycles. The molecule has 0 radical (unpaired) electrons. The molecule has 0 unspecified atom stereocenters. The predicted octanol–water partition coefficient (Wildman–Crippen LogP) is 6.15. The second kappa shape index (κ2) is 7.56. The summed E-state index contributed by atoms with van der Waals surface area (Å²) in [6.45, 7) is 0.329. The highest BCUT2D eigenvalue weighted by Crippen LogP contribution is 2.38. The molecule has 1 heterocycles. The quantitative estimate of drug-likeness (QED) is 0.491. The molecule has 3 aromatic rings. The van der Waals surface area contributed by atoms with Crippen molar-refractivity contribution in [3.05, 3.63) is 106 Å². The second-order valence-electron chi connectivity index (χ2n) is 6.94. The highest BCUT2D eigenvalue weighted by Gasteiger charge is 2.38. The summed E-state index contributed by atoms with van der Waals surface area (Å²) in [6.07, 6.45) is -4.02. The van der Waals surface area contributed by atoms with Crippen LogP contribution in [0.15, 0.2) is 72.8 Å². The van der Waals surface area contributed by atoms with Gasteiger partial charge in [-0.15, -0.1) is 0 Å². The summed E-state index contributed by atoms with van der Waals surface area (Å²) in [7, 11) is 0. The Morgan fingerprint density at radius 1 is 0.931 bits per heavy atom. The number of amides is 1. The van der Waals surface area contributed by atoms with Gasteiger partial charge < -0.3 is 4.90 Å². The number of benzene rings is 3. The summed E-state index contributed by atoms with van der Waals surface area (Å²) in [6, 6.07) is 19.2. The van der Waals surface area contributed by atoms with Gasteiger partial charge in [-0.05, 0) is 47.4 Å². The van der Waals surface area contributed by atoms with Crippen molar-refractivity contribution in [2.45, 2.75) is 18.6 Å². The van der Waals surface area contributed by atoms with Crippen molar-refractivity contribution in [1.29, 1.82) is 0 Å². The summed E-state index contributed by atoms with van der Waals surface area (Å²) >= 11 is 6.01. The van der Waals surface area contributed by atoms with Crippen molar-refractivity contribution in [1.82, 2.24) is 4.90 Å². The molecule has 6 heteroatoms. The first-order valence-corrected chi connectivity index (χ1v) is 9.54. The number of hydrogen-bond acceptors (Lipinski definition) is 1. The van der Waals surface area contributed by atoms with Gasteiger partial charge in [0.1, 0.15) is 0 Å². The Morgan fingerprint density at radius 3 is 2.31 bits per heavy atom. The lowest BCUT2D eigenvalue weighted by Gasteiger charge is -2.38. The maximum atomic E-state index is 13.5. The summed E-state index contributed by atoms with van der Waals surface area (Å²) in [4.78, 5) is 14.9. The van der Waals surface area contributed by atoms with Crippen LogP contribution in [0.2, 0.25) is 5.02 Å². The molecular formula is C23H17ClF3NO. The zero-order valence-electron chi connectivity index (χ0n) is 15.3. The first-order chi connectivity index (χ1) is 13.9. The molecule has 0 N–H and O–H groups in total. The molecular weight excluding hydrogens is 399 g/mol.